The van der Waals surface area contributed by atoms with Gasteiger partial charge in [-0.1, -0.05) is 19.1 Å². The molecule has 22 heavy (non-hydrogen) atoms. The number of benzene rings is 1. The van der Waals surface area contributed by atoms with Crippen molar-refractivity contribution in [2.75, 3.05) is 7.11 Å². The van der Waals surface area contributed by atoms with Crippen molar-refractivity contribution in [1.29, 1.82) is 0 Å². The first kappa shape index (κ1) is 16.2. The fourth-order valence-electron chi connectivity index (χ4n) is 2.14. The third kappa shape index (κ3) is 3.74. The van der Waals surface area contributed by atoms with Crippen molar-refractivity contribution in [1.82, 2.24) is 5.32 Å². The second-order valence-corrected chi connectivity index (χ2v) is 6.01. The van der Waals surface area contributed by atoms with Crippen LogP contribution in [0.25, 0.3) is 0 Å². The van der Waals surface area contributed by atoms with Gasteiger partial charge in [-0.3, -0.25) is 9.59 Å². The minimum Gasteiger partial charge on any atom is -0.497 e. The molecular formula is C17H19NO3S. The molecule has 1 amide bonds. The first-order chi connectivity index (χ1) is 10.5. The molecule has 2 aromatic rings. The highest BCUT2D eigenvalue weighted by Crippen LogP contribution is 2.22. The number of methoxy groups -OCH3 is 1. The van der Waals surface area contributed by atoms with Crippen LogP contribution in [0.2, 0.25) is 0 Å². The summed E-state index contributed by atoms with van der Waals surface area (Å²) in [5.41, 5.74) is 1.03. The van der Waals surface area contributed by atoms with E-state index in [0.29, 0.717) is 9.75 Å². The number of ketones is 1. The van der Waals surface area contributed by atoms with Crippen molar-refractivity contribution in [2.24, 2.45) is 0 Å². The van der Waals surface area contributed by atoms with Gasteiger partial charge in [-0.25, -0.2) is 0 Å². The fourth-order valence-corrected chi connectivity index (χ4v) is 2.94. The molecule has 0 bridgehead atoms. The van der Waals surface area contributed by atoms with E-state index < -0.39 is 0 Å². The van der Waals surface area contributed by atoms with Crippen LogP contribution >= 0.6 is 11.3 Å². The van der Waals surface area contributed by atoms with Gasteiger partial charge in [0.05, 0.1) is 22.9 Å². The van der Waals surface area contributed by atoms with Gasteiger partial charge in [-0.05, 0) is 43.2 Å². The Bertz CT molecular complexity index is 661. The monoisotopic (exact) mass is 317 g/mol. The lowest BCUT2D eigenvalue weighted by Gasteiger charge is -2.17. The van der Waals surface area contributed by atoms with Crippen molar-refractivity contribution in [2.45, 2.75) is 26.3 Å². The van der Waals surface area contributed by atoms with Gasteiger partial charge in [0.1, 0.15) is 5.75 Å². The maximum Gasteiger partial charge on any atom is 0.261 e. The predicted molar refractivity (Wildman–Crippen MR) is 87.8 cm³/mol. The van der Waals surface area contributed by atoms with Crippen molar-refractivity contribution in [3.8, 4) is 5.75 Å². The van der Waals surface area contributed by atoms with E-state index in [1.165, 1.54) is 18.3 Å². The molecule has 1 heterocycles. The molecule has 0 aliphatic rings. The normalized spacial score (nSPS) is 11.8. The van der Waals surface area contributed by atoms with Gasteiger partial charge < -0.3 is 10.1 Å². The summed E-state index contributed by atoms with van der Waals surface area (Å²) in [7, 11) is 1.62. The second kappa shape index (κ2) is 7.22. The van der Waals surface area contributed by atoms with E-state index in [2.05, 4.69) is 5.32 Å². The lowest BCUT2D eigenvalue weighted by Crippen LogP contribution is -2.27. The zero-order chi connectivity index (χ0) is 16.1. The van der Waals surface area contributed by atoms with Crippen LogP contribution in [0.15, 0.2) is 36.4 Å². The maximum atomic E-state index is 12.3. The van der Waals surface area contributed by atoms with Crippen molar-refractivity contribution >= 4 is 23.0 Å². The largest absolute Gasteiger partial charge is 0.497 e. The molecule has 116 valence electrons. The lowest BCUT2D eigenvalue weighted by atomic mass is 10.0. The van der Waals surface area contributed by atoms with Crippen LogP contribution in [0, 0.1) is 0 Å². The van der Waals surface area contributed by atoms with Gasteiger partial charge >= 0.3 is 0 Å². The predicted octanol–water partition coefficient (Wildman–Crippen LogP) is 3.84. The van der Waals surface area contributed by atoms with Crippen LogP contribution in [-0.2, 0) is 0 Å². The van der Waals surface area contributed by atoms with Crippen molar-refractivity contribution < 1.29 is 14.3 Å². The Hall–Kier alpha value is -2.14. The molecule has 1 aromatic heterocycles. The third-order valence-electron chi connectivity index (χ3n) is 3.41. The van der Waals surface area contributed by atoms with Crippen LogP contribution in [0.3, 0.4) is 0 Å². The molecule has 0 saturated heterocycles. The Morgan fingerprint density at radius 3 is 2.27 bits per heavy atom. The molecule has 4 nitrogen and oxygen atoms in total. The van der Waals surface area contributed by atoms with Crippen LogP contribution < -0.4 is 10.1 Å². The van der Waals surface area contributed by atoms with E-state index in [1.54, 1.807) is 19.2 Å². The molecule has 0 spiro atoms. The first-order valence-electron chi connectivity index (χ1n) is 7.10. The standard InChI is InChI=1S/C17H19NO3S/c1-4-14(12-5-7-13(21-3)8-6-12)18-17(20)16-10-9-15(22-16)11(2)19/h5-10,14H,4H2,1-3H3,(H,18,20). The van der Waals surface area contributed by atoms with E-state index in [-0.39, 0.29) is 17.7 Å². The molecule has 1 unspecified atom stereocenters. The van der Waals surface area contributed by atoms with Gasteiger partial charge in [-0.2, -0.15) is 0 Å². The minimum absolute atomic E-state index is 0.0220. The summed E-state index contributed by atoms with van der Waals surface area (Å²) in [5, 5.41) is 3.01. The number of amides is 1. The third-order valence-corrected chi connectivity index (χ3v) is 4.59. The van der Waals surface area contributed by atoms with E-state index in [9.17, 15) is 9.59 Å². The van der Waals surface area contributed by atoms with Crippen LogP contribution in [0.5, 0.6) is 5.75 Å². The van der Waals surface area contributed by atoms with E-state index >= 15 is 0 Å². The van der Waals surface area contributed by atoms with Crippen LogP contribution in [-0.4, -0.2) is 18.8 Å². The molecule has 0 radical (unpaired) electrons. The van der Waals surface area contributed by atoms with Gasteiger partial charge in [-0.15, -0.1) is 11.3 Å². The van der Waals surface area contributed by atoms with Crippen molar-refractivity contribution in [3.05, 3.63) is 51.7 Å². The number of carbonyl (C=O) groups excluding carboxylic acids is 2. The average molecular weight is 317 g/mol. The Kier molecular flexibility index (Phi) is 5.33. The highest BCUT2D eigenvalue weighted by atomic mass is 32.1. The Morgan fingerprint density at radius 1 is 1.14 bits per heavy atom. The number of thiophene rings is 1. The number of ether oxygens (including phenoxy) is 1. The van der Waals surface area contributed by atoms with Gasteiger partial charge in [0.2, 0.25) is 0 Å². The molecular weight excluding hydrogens is 298 g/mol. The Morgan fingerprint density at radius 2 is 1.77 bits per heavy atom. The number of hydrogen-bond acceptors (Lipinski definition) is 4. The number of hydrogen-bond donors (Lipinski definition) is 1. The molecule has 0 fully saturated rings. The summed E-state index contributed by atoms with van der Waals surface area (Å²) in [6, 6.07) is 11.0. The highest BCUT2D eigenvalue weighted by molar-refractivity contribution is 7.15. The summed E-state index contributed by atoms with van der Waals surface area (Å²) >= 11 is 1.22. The highest BCUT2D eigenvalue weighted by Gasteiger charge is 2.16. The smallest absolute Gasteiger partial charge is 0.261 e. The van der Waals surface area contributed by atoms with Crippen LogP contribution in [0.1, 0.15) is 51.2 Å². The number of Topliss-reactive ketones (excluding diaryl/α,β-unsaturated/α-hetero) is 1. The number of nitrogens with one attached hydrogen (secondary N) is 1. The van der Waals surface area contributed by atoms with Crippen LogP contribution in [0.4, 0.5) is 0 Å². The van der Waals surface area contributed by atoms with E-state index in [0.717, 1.165) is 17.7 Å². The first-order valence-corrected chi connectivity index (χ1v) is 7.92. The average Bonchev–Trinajstić information content (AvgIpc) is 3.03. The SMILES string of the molecule is CCC(NC(=O)c1ccc(C(C)=O)s1)c1ccc(OC)cc1. The molecule has 1 atom stereocenters. The molecule has 5 heteroatoms. The van der Waals surface area contributed by atoms with Gasteiger partial charge in [0, 0.05) is 0 Å². The van der Waals surface area contributed by atoms with Crippen molar-refractivity contribution in [3.63, 3.8) is 0 Å². The summed E-state index contributed by atoms with van der Waals surface area (Å²) < 4.78 is 5.14. The number of rotatable bonds is 6. The second-order valence-electron chi connectivity index (χ2n) is 4.93. The summed E-state index contributed by atoms with van der Waals surface area (Å²) in [5.74, 6) is 0.612. The maximum absolute atomic E-state index is 12.3. The topological polar surface area (TPSA) is 55.4 Å². The number of carbonyl (C=O) groups is 2. The summed E-state index contributed by atoms with van der Waals surface area (Å²) in [4.78, 5) is 24.8. The summed E-state index contributed by atoms with van der Waals surface area (Å²) in [6.07, 6.45) is 0.781. The molecule has 0 aliphatic heterocycles. The molecule has 1 aromatic carbocycles. The minimum atomic E-state index is -0.153. The summed E-state index contributed by atoms with van der Waals surface area (Å²) in [6.45, 7) is 3.52. The zero-order valence-corrected chi connectivity index (χ0v) is 13.7. The lowest BCUT2D eigenvalue weighted by molar-refractivity contribution is 0.0939. The molecule has 2 rings (SSSR count). The Labute approximate surface area is 134 Å². The quantitative estimate of drug-likeness (QED) is 0.824. The zero-order valence-electron chi connectivity index (χ0n) is 12.9. The Balaban J connectivity index is 2.10. The molecule has 1 N–H and O–H groups in total. The van der Waals surface area contributed by atoms with E-state index in [4.69, 9.17) is 4.74 Å². The molecule has 0 aliphatic carbocycles. The molecule has 0 saturated carbocycles. The van der Waals surface area contributed by atoms with Gasteiger partial charge in [0.15, 0.2) is 5.78 Å². The fraction of sp³-hybridized carbons (Fsp3) is 0.294. The van der Waals surface area contributed by atoms with Gasteiger partial charge in [0.25, 0.3) is 5.91 Å². The van der Waals surface area contributed by atoms with E-state index in [1.807, 2.05) is 31.2 Å².